The Morgan fingerprint density at radius 2 is 1.56 bits per heavy atom. The molecular weight excluding hydrogens is 408 g/mol. The first-order chi connectivity index (χ1) is 15.4. The van der Waals surface area contributed by atoms with Gasteiger partial charge in [0.1, 0.15) is 17.2 Å². The van der Waals surface area contributed by atoms with E-state index in [0.29, 0.717) is 42.3 Å². The van der Waals surface area contributed by atoms with Gasteiger partial charge in [0, 0.05) is 30.8 Å². The second-order valence-corrected chi connectivity index (χ2v) is 7.79. The summed E-state index contributed by atoms with van der Waals surface area (Å²) >= 11 is 0. The molecule has 1 aliphatic rings. The van der Waals surface area contributed by atoms with Crippen molar-refractivity contribution in [3.05, 3.63) is 58.7 Å². The fraction of sp³-hybridized carbons (Fsp3) is 0.360. The SMILES string of the molecule is COc1cc(OC)c(C2=CCN(C(=O)CNC(=O)c3cc(C)cc(C)c3)CC2)c(OC)c1. The van der Waals surface area contributed by atoms with Crippen LogP contribution in [0.25, 0.3) is 5.57 Å². The van der Waals surface area contributed by atoms with E-state index >= 15 is 0 Å². The van der Waals surface area contributed by atoms with Gasteiger partial charge in [-0.25, -0.2) is 0 Å². The molecule has 2 aromatic carbocycles. The molecule has 0 fully saturated rings. The van der Waals surface area contributed by atoms with E-state index < -0.39 is 0 Å². The standard InChI is InChI=1S/C25H30N2O5/c1-16-10-17(2)12-19(11-16)25(29)26-15-23(28)27-8-6-18(7-9-27)24-21(31-4)13-20(30-3)14-22(24)32-5/h6,10-14H,7-9,15H2,1-5H3,(H,26,29). The van der Waals surface area contributed by atoms with Crippen LogP contribution in [0, 0.1) is 13.8 Å². The van der Waals surface area contributed by atoms with Crippen molar-refractivity contribution in [3.8, 4) is 17.2 Å². The molecule has 2 aromatic rings. The molecule has 0 saturated carbocycles. The quantitative estimate of drug-likeness (QED) is 0.717. The predicted molar refractivity (Wildman–Crippen MR) is 124 cm³/mol. The minimum absolute atomic E-state index is 0.0375. The molecule has 0 saturated heterocycles. The van der Waals surface area contributed by atoms with E-state index in [1.807, 2.05) is 50.3 Å². The Labute approximate surface area is 189 Å². The van der Waals surface area contributed by atoms with Gasteiger partial charge in [-0.15, -0.1) is 0 Å². The van der Waals surface area contributed by atoms with Gasteiger partial charge >= 0.3 is 0 Å². The van der Waals surface area contributed by atoms with Gasteiger partial charge in [0.05, 0.1) is 33.4 Å². The van der Waals surface area contributed by atoms with Crippen molar-refractivity contribution in [2.45, 2.75) is 20.3 Å². The minimum Gasteiger partial charge on any atom is -0.496 e. The Balaban J connectivity index is 1.66. The number of nitrogens with zero attached hydrogens (tertiary/aromatic N) is 1. The van der Waals surface area contributed by atoms with Crippen LogP contribution in [-0.2, 0) is 4.79 Å². The molecule has 170 valence electrons. The van der Waals surface area contributed by atoms with Gasteiger partial charge in [-0.05, 0) is 38.0 Å². The Bertz CT molecular complexity index is 999. The van der Waals surface area contributed by atoms with Crippen molar-refractivity contribution in [2.75, 3.05) is 41.0 Å². The molecule has 0 bridgehead atoms. The summed E-state index contributed by atoms with van der Waals surface area (Å²) in [6, 6.07) is 9.28. The molecule has 7 heteroatoms. The lowest BCUT2D eigenvalue weighted by Gasteiger charge is -2.28. The van der Waals surface area contributed by atoms with Crippen LogP contribution in [0.15, 0.2) is 36.4 Å². The van der Waals surface area contributed by atoms with E-state index in [1.165, 1.54) is 0 Å². The third-order valence-electron chi connectivity index (χ3n) is 5.48. The summed E-state index contributed by atoms with van der Waals surface area (Å²) in [7, 11) is 4.81. The first-order valence-electron chi connectivity index (χ1n) is 10.5. The number of rotatable bonds is 7. The highest BCUT2D eigenvalue weighted by atomic mass is 16.5. The molecule has 0 spiro atoms. The molecule has 32 heavy (non-hydrogen) atoms. The fourth-order valence-electron chi connectivity index (χ4n) is 3.92. The maximum absolute atomic E-state index is 12.7. The minimum atomic E-state index is -0.244. The van der Waals surface area contributed by atoms with E-state index in [2.05, 4.69) is 5.32 Å². The van der Waals surface area contributed by atoms with Crippen molar-refractivity contribution >= 4 is 17.4 Å². The number of aryl methyl sites for hydroxylation is 2. The number of hydrogen-bond acceptors (Lipinski definition) is 5. The number of hydrogen-bond donors (Lipinski definition) is 1. The lowest BCUT2D eigenvalue weighted by Crippen LogP contribution is -2.42. The summed E-state index contributed by atoms with van der Waals surface area (Å²) in [5.41, 5.74) is 4.50. The second kappa shape index (κ2) is 10.2. The number of carbonyl (C=O) groups excluding carboxylic acids is 2. The molecule has 0 aromatic heterocycles. The molecule has 0 unspecified atom stereocenters. The molecule has 1 aliphatic heterocycles. The topological polar surface area (TPSA) is 77.1 Å². The third kappa shape index (κ3) is 5.22. The molecule has 0 atom stereocenters. The average molecular weight is 439 g/mol. The van der Waals surface area contributed by atoms with Crippen LogP contribution in [-0.4, -0.2) is 57.7 Å². The van der Waals surface area contributed by atoms with Crippen LogP contribution in [0.2, 0.25) is 0 Å². The van der Waals surface area contributed by atoms with E-state index in [0.717, 1.165) is 22.3 Å². The summed E-state index contributed by atoms with van der Waals surface area (Å²) in [5, 5.41) is 2.74. The number of ether oxygens (including phenoxy) is 3. The Morgan fingerprint density at radius 3 is 2.06 bits per heavy atom. The van der Waals surface area contributed by atoms with Crippen LogP contribution in [0.1, 0.15) is 33.5 Å². The largest absolute Gasteiger partial charge is 0.496 e. The molecule has 1 N–H and O–H groups in total. The smallest absolute Gasteiger partial charge is 0.251 e. The van der Waals surface area contributed by atoms with Crippen molar-refractivity contribution in [2.24, 2.45) is 0 Å². The summed E-state index contributed by atoms with van der Waals surface area (Å²) in [6.07, 6.45) is 2.65. The van der Waals surface area contributed by atoms with Crippen LogP contribution < -0.4 is 19.5 Å². The Kier molecular flexibility index (Phi) is 7.41. The van der Waals surface area contributed by atoms with E-state index in [-0.39, 0.29) is 18.4 Å². The van der Waals surface area contributed by atoms with Gasteiger partial charge in [0.2, 0.25) is 5.91 Å². The number of benzene rings is 2. The molecule has 0 aliphatic carbocycles. The van der Waals surface area contributed by atoms with Crippen molar-refractivity contribution < 1.29 is 23.8 Å². The fourth-order valence-corrected chi connectivity index (χ4v) is 3.92. The van der Waals surface area contributed by atoms with Crippen LogP contribution in [0.5, 0.6) is 17.2 Å². The highest BCUT2D eigenvalue weighted by Crippen LogP contribution is 2.40. The number of carbonyl (C=O) groups is 2. The van der Waals surface area contributed by atoms with Crippen molar-refractivity contribution in [1.82, 2.24) is 10.2 Å². The van der Waals surface area contributed by atoms with Crippen LogP contribution >= 0.6 is 0 Å². The van der Waals surface area contributed by atoms with Gasteiger partial charge in [0.25, 0.3) is 5.91 Å². The molecule has 1 heterocycles. The number of methoxy groups -OCH3 is 3. The normalized spacial score (nSPS) is 13.3. The monoisotopic (exact) mass is 438 g/mol. The van der Waals surface area contributed by atoms with Crippen molar-refractivity contribution in [3.63, 3.8) is 0 Å². The van der Waals surface area contributed by atoms with Gasteiger partial charge in [-0.2, -0.15) is 0 Å². The van der Waals surface area contributed by atoms with Crippen LogP contribution in [0.3, 0.4) is 0 Å². The van der Waals surface area contributed by atoms with Crippen molar-refractivity contribution in [1.29, 1.82) is 0 Å². The lowest BCUT2D eigenvalue weighted by molar-refractivity contribution is -0.129. The predicted octanol–water partition coefficient (Wildman–Crippen LogP) is 3.37. The zero-order valence-corrected chi connectivity index (χ0v) is 19.3. The van der Waals surface area contributed by atoms with E-state index in [1.54, 1.807) is 26.2 Å². The molecule has 0 radical (unpaired) electrons. The maximum atomic E-state index is 12.7. The highest BCUT2D eigenvalue weighted by Gasteiger charge is 2.23. The summed E-state index contributed by atoms with van der Waals surface area (Å²) in [5.74, 6) is 1.61. The number of amides is 2. The zero-order valence-electron chi connectivity index (χ0n) is 19.3. The van der Waals surface area contributed by atoms with Gasteiger partial charge in [-0.3, -0.25) is 9.59 Å². The first kappa shape index (κ1) is 23.2. The summed E-state index contributed by atoms with van der Waals surface area (Å²) < 4.78 is 16.4. The van der Waals surface area contributed by atoms with Gasteiger partial charge in [-0.1, -0.05) is 23.3 Å². The van der Waals surface area contributed by atoms with Crippen LogP contribution in [0.4, 0.5) is 0 Å². The average Bonchev–Trinajstić information content (AvgIpc) is 2.80. The molecule has 7 nitrogen and oxygen atoms in total. The maximum Gasteiger partial charge on any atom is 0.251 e. The van der Waals surface area contributed by atoms with Gasteiger partial charge < -0.3 is 24.4 Å². The first-order valence-corrected chi connectivity index (χ1v) is 10.5. The molecular formula is C25H30N2O5. The van der Waals surface area contributed by atoms with E-state index in [4.69, 9.17) is 14.2 Å². The second-order valence-electron chi connectivity index (χ2n) is 7.79. The number of nitrogens with one attached hydrogen (secondary N) is 1. The molecule has 3 rings (SSSR count). The Morgan fingerprint density at radius 1 is 0.938 bits per heavy atom. The molecule has 2 amide bonds. The Hall–Kier alpha value is -3.48. The highest BCUT2D eigenvalue weighted by molar-refractivity contribution is 5.97. The summed E-state index contributed by atoms with van der Waals surface area (Å²) in [6.45, 7) is 4.84. The zero-order chi connectivity index (χ0) is 23.3. The third-order valence-corrected chi connectivity index (χ3v) is 5.48. The lowest BCUT2D eigenvalue weighted by atomic mass is 9.97. The summed E-state index contributed by atoms with van der Waals surface area (Å²) in [4.78, 5) is 26.8. The van der Waals surface area contributed by atoms with Gasteiger partial charge in [0.15, 0.2) is 0 Å². The van der Waals surface area contributed by atoms with E-state index in [9.17, 15) is 9.59 Å².